The van der Waals surface area contributed by atoms with E-state index in [9.17, 15) is 13.2 Å². The summed E-state index contributed by atoms with van der Waals surface area (Å²) in [6.07, 6.45) is -2.67. The van der Waals surface area contributed by atoms with Crippen LogP contribution in [0.25, 0.3) is 10.8 Å². The maximum Gasteiger partial charge on any atom is 0.407 e. The van der Waals surface area contributed by atoms with Gasteiger partial charge in [-0.1, -0.05) is 37.6 Å². The second-order valence-corrected chi connectivity index (χ2v) is 4.95. The van der Waals surface area contributed by atoms with Crippen LogP contribution in [0.5, 0.6) is 5.75 Å². The number of halogens is 3. The molecule has 0 unspecified atom stereocenters. The highest BCUT2D eigenvalue weighted by Gasteiger charge is 2.38. The van der Waals surface area contributed by atoms with Gasteiger partial charge in [-0.25, -0.2) is 0 Å². The third kappa shape index (κ3) is 3.67. The Labute approximate surface area is 121 Å². The van der Waals surface area contributed by atoms with E-state index in [-0.39, 0.29) is 5.56 Å². The molecule has 2 aromatic carbocycles. The lowest BCUT2D eigenvalue weighted by molar-refractivity contribution is -0.148. The van der Waals surface area contributed by atoms with Crippen LogP contribution in [0.15, 0.2) is 36.4 Å². The van der Waals surface area contributed by atoms with E-state index in [1.165, 1.54) is 6.07 Å². The van der Waals surface area contributed by atoms with E-state index < -0.39 is 12.2 Å². The van der Waals surface area contributed by atoms with Gasteiger partial charge in [0, 0.05) is 0 Å². The molecule has 2 nitrogen and oxygen atoms in total. The molecule has 0 amide bonds. The number of benzene rings is 2. The van der Waals surface area contributed by atoms with Crippen molar-refractivity contribution in [2.75, 3.05) is 6.61 Å². The van der Waals surface area contributed by atoms with E-state index >= 15 is 0 Å². The third-order valence-corrected chi connectivity index (χ3v) is 3.32. The van der Waals surface area contributed by atoms with Crippen molar-refractivity contribution < 1.29 is 17.9 Å². The zero-order chi connectivity index (χ0) is 15.5. The first-order chi connectivity index (χ1) is 9.93. The monoisotopic (exact) mass is 297 g/mol. The summed E-state index contributed by atoms with van der Waals surface area (Å²) >= 11 is 0. The van der Waals surface area contributed by atoms with Gasteiger partial charge in [0.2, 0.25) is 0 Å². The summed E-state index contributed by atoms with van der Waals surface area (Å²) in [5.41, 5.74) is 5.43. The van der Waals surface area contributed by atoms with Gasteiger partial charge in [-0.2, -0.15) is 13.2 Å². The molecule has 0 radical (unpaired) electrons. The van der Waals surface area contributed by atoms with Crippen LogP contribution in [0.4, 0.5) is 13.2 Å². The zero-order valence-electron chi connectivity index (χ0n) is 11.8. The van der Waals surface area contributed by atoms with Gasteiger partial charge in [-0.15, -0.1) is 0 Å². The minimum atomic E-state index is -4.48. The smallest absolute Gasteiger partial charge is 0.407 e. The molecule has 0 aliphatic carbocycles. The van der Waals surface area contributed by atoms with E-state index in [4.69, 9.17) is 10.5 Å². The van der Waals surface area contributed by atoms with Crippen molar-refractivity contribution in [2.24, 2.45) is 5.73 Å². The molecule has 2 aromatic rings. The van der Waals surface area contributed by atoms with Gasteiger partial charge >= 0.3 is 6.18 Å². The van der Waals surface area contributed by atoms with Crippen LogP contribution < -0.4 is 10.5 Å². The predicted molar refractivity (Wildman–Crippen MR) is 77.3 cm³/mol. The molecule has 2 rings (SSSR count). The molecule has 0 spiro atoms. The number of nitrogens with two attached hydrogens (primary N) is 1. The van der Waals surface area contributed by atoms with E-state index in [0.29, 0.717) is 23.1 Å². The molecule has 21 heavy (non-hydrogen) atoms. The van der Waals surface area contributed by atoms with Gasteiger partial charge in [-0.3, -0.25) is 0 Å². The Balaban J connectivity index is 2.45. The summed E-state index contributed by atoms with van der Waals surface area (Å²) in [5.74, 6) is 0.428. The van der Waals surface area contributed by atoms with Crippen LogP contribution in [0.2, 0.25) is 0 Å². The molecule has 0 heterocycles. The Kier molecular flexibility index (Phi) is 4.73. The molecule has 0 saturated carbocycles. The van der Waals surface area contributed by atoms with Crippen molar-refractivity contribution in [3.63, 3.8) is 0 Å². The summed E-state index contributed by atoms with van der Waals surface area (Å²) in [6.45, 7) is 2.50. The molecule has 0 fully saturated rings. The Morgan fingerprint density at radius 1 is 1.19 bits per heavy atom. The van der Waals surface area contributed by atoms with Gasteiger partial charge in [0.15, 0.2) is 0 Å². The predicted octanol–water partition coefficient (Wildman–Crippen LogP) is 4.58. The van der Waals surface area contributed by atoms with Crippen molar-refractivity contribution in [1.29, 1.82) is 0 Å². The van der Waals surface area contributed by atoms with E-state index in [1.54, 1.807) is 30.3 Å². The lowest BCUT2D eigenvalue weighted by Gasteiger charge is -2.19. The van der Waals surface area contributed by atoms with Crippen LogP contribution >= 0.6 is 0 Å². The molecule has 2 N–H and O–H groups in total. The lowest BCUT2D eigenvalue weighted by Crippen LogP contribution is -2.28. The van der Waals surface area contributed by atoms with Gasteiger partial charge in [0.25, 0.3) is 0 Å². The highest BCUT2D eigenvalue weighted by Crippen LogP contribution is 2.36. The summed E-state index contributed by atoms with van der Waals surface area (Å²) in [5, 5.41) is 1.20. The number of fused-ring (bicyclic) bond motifs is 1. The van der Waals surface area contributed by atoms with Gasteiger partial charge < -0.3 is 10.5 Å². The van der Waals surface area contributed by atoms with E-state index in [0.717, 1.165) is 12.8 Å². The summed E-state index contributed by atoms with van der Waals surface area (Å²) in [6, 6.07) is 8.01. The first kappa shape index (κ1) is 15.6. The minimum absolute atomic E-state index is 0.0482. The van der Waals surface area contributed by atoms with Gasteiger partial charge in [0.1, 0.15) is 11.8 Å². The molecule has 5 heteroatoms. The van der Waals surface area contributed by atoms with Crippen LogP contribution in [0, 0.1) is 0 Å². The van der Waals surface area contributed by atoms with Crippen LogP contribution in [-0.4, -0.2) is 12.8 Å². The molecular weight excluding hydrogens is 279 g/mol. The van der Waals surface area contributed by atoms with Crippen molar-refractivity contribution in [3.8, 4) is 5.75 Å². The van der Waals surface area contributed by atoms with E-state index in [1.807, 2.05) is 6.92 Å². The Hall–Kier alpha value is -1.75. The fourth-order valence-corrected chi connectivity index (χ4v) is 2.16. The second-order valence-electron chi connectivity index (χ2n) is 4.95. The SMILES string of the molecule is CCCCOc1cc([C@H](N)C(F)(F)F)c2ccccc2c1. The number of hydrogen-bond acceptors (Lipinski definition) is 2. The maximum absolute atomic E-state index is 12.9. The quantitative estimate of drug-likeness (QED) is 0.820. The second kappa shape index (κ2) is 6.35. The largest absolute Gasteiger partial charge is 0.494 e. The standard InChI is InChI=1S/C16H18F3NO/c1-2-3-8-21-12-9-11-6-4-5-7-13(11)14(10-12)15(20)16(17,18)19/h4-7,9-10,15H,2-3,8,20H2,1H3/t15-/m0/s1. The Morgan fingerprint density at radius 2 is 1.90 bits per heavy atom. The number of unbranched alkanes of at least 4 members (excludes halogenated alkanes) is 1. The summed E-state index contributed by atoms with van der Waals surface area (Å²) in [4.78, 5) is 0. The maximum atomic E-state index is 12.9. The zero-order valence-corrected chi connectivity index (χ0v) is 11.8. The third-order valence-electron chi connectivity index (χ3n) is 3.32. The van der Waals surface area contributed by atoms with Crippen molar-refractivity contribution in [2.45, 2.75) is 32.0 Å². The molecule has 114 valence electrons. The average molecular weight is 297 g/mol. The number of ether oxygens (including phenoxy) is 1. The summed E-state index contributed by atoms with van der Waals surface area (Å²) < 4.78 is 44.3. The number of rotatable bonds is 5. The number of alkyl halides is 3. The first-order valence-electron chi connectivity index (χ1n) is 6.91. The Bertz CT molecular complexity index is 610. The average Bonchev–Trinajstić information content (AvgIpc) is 2.45. The fraction of sp³-hybridized carbons (Fsp3) is 0.375. The Morgan fingerprint density at radius 3 is 2.57 bits per heavy atom. The molecule has 0 saturated heterocycles. The number of hydrogen-bond donors (Lipinski definition) is 1. The topological polar surface area (TPSA) is 35.2 Å². The molecule has 0 bridgehead atoms. The van der Waals surface area contributed by atoms with E-state index in [2.05, 4.69) is 0 Å². The molecule has 0 aliphatic heterocycles. The first-order valence-corrected chi connectivity index (χ1v) is 6.91. The van der Waals surface area contributed by atoms with Gasteiger partial charge in [-0.05, 0) is 34.9 Å². The summed E-state index contributed by atoms with van der Waals surface area (Å²) in [7, 11) is 0. The van der Waals surface area contributed by atoms with Gasteiger partial charge in [0.05, 0.1) is 6.61 Å². The molecule has 0 aromatic heterocycles. The highest BCUT2D eigenvalue weighted by atomic mass is 19.4. The minimum Gasteiger partial charge on any atom is -0.494 e. The van der Waals surface area contributed by atoms with Crippen LogP contribution in [0.3, 0.4) is 0 Å². The van der Waals surface area contributed by atoms with Crippen molar-refractivity contribution in [1.82, 2.24) is 0 Å². The molecular formula is C16H18F3NO. The van der Waals surface area contributed by atoms with Crippen LogP contribution in [-0.2, 0) is 0 Å². The van der Waals surface area contributed by atoms with Crippen molar-refractivity contribution >= 4 is 10.8 Å². The highest BCUT2D eigenvalue weighted by molar-refractivity contribution is 5.87. The molecule has 1 atom stereocenters. The molecule has 0 aliphatic rings. The fourth-order valence-electron chi connectivity index (χ4n) is 2.16. The van der Waals surface area contributed by atoms with Crippen LogP contribution in [0.1, 0.15) is 31.4 Å². The lowest BCUT2D eigenvalue weighted by atomic mass is 9.98. The van der Waals surface area contributed by atoms with Crippen molar-refractivity contribution in [3.05, 3.63) is 42.0 Å². The normalized spacial score (nSPS) is 13.4.